The van der Waals surface area contributed by atoms with Gasteiger partial charge in [-0.1, -0.05) is 0 Å². The van der Waals surface area contributed by atoms with Crippen LogP contribution in [0.1, 0.15) is 22.8 Å². The number of alkyl halides is 8. The molecule has 0 amide bonds. The summed E-state index contributed by atoms with van der Waals surface area (Å²) in [6.45, 7) is 0. The molecule has 1 N–H and O–H groups in total. The molecular weight excluding hydrogens is 321 g/mol. The smallest absolute Gasteiger partial charge is 0.386 e. The molecule has 0 fully saturated rings. The summed E-state index contributed by atoms with van der Waals surface area (Å²) in [4.78, 5) is -1.55. The number of aliphatic hydroxyl groups excluding tert-OH is 1. The van der Waals surface area contributed by atoms with Crippen LogP contribution in [0.3, 0.4) is 0 Å². The van der Waals surface area contributed by atoms with E-state index >= 15 is 0 Å². The lowest BCUT2D eigenvalue weighted by Crippen LogP contribution is -2.14. The van der Waals surface area contributed by atoms with Gasteiger partial charge in [0.2, 0.25) is 0 Å². The van der Waals surface area contributed by atoms with Crippen molar-refractivity contribution in [2.75, 3.05) is 0 Å². The SMILES string of the molecule is OC(c1cc(C(F)(F)F)cc(C(F)(F)F)c1)C(Cl)Cl. The molecule has 1 aromatic carbocycles. The summed E-state index contributed by atoms with van der Waals surface area (Å²) >= 11 is 10.5. The number of rotatable bonds is 2. The summed E-state index contributed by atoms with van der Waals surface area (Å²) in [5, 5.41) is 9.38. The number of hydrogen-bond donors (Lipinski definition) is 1. The van der Waals surface area contributed by atoms with E-state index in [9.17, 15) is 31.4 Å². The van der Waals surface area contributed by atoms with Crippen LogP contribution in [0.25, 0.3) is 0 Å². The Bertz CT molecular complexity index is 422. The van der Waals surface area contributed by atoms with Gasteiger partial charge in [-0.25, -0.2) is 0 Å². The molecular formula is C10H6Cl2F6O. The highest BCUT2D eigenvalue weighted by molar-refractivity contribution is 6.44. The molecule has 0 heterocycles. The van der Waals surface area contributed by atoms with E-state index in [1.165, 1.54) is 0 Å². The van der Waals surface area contributed by atoms with Crippen molar-refractivity contribution in [2.24, 2.45) is 0 Å². The maximum Gasteiger partial charge on any atom is 0.416 e. The second-order valence-electron chi connectivity index (χ2n) is 3.62. The zero-order valence-corrected chi connectivity index (χ0v) is 10.4. The van der Waals surface area contributed by atoms with Crippen molar-refractivity contribution < 1.29 is 31.4 Å². The van der Waals surface area contributed by atoms with E-state index in [4.69, 9.17) is 23.2 Å². The van der Waals surface area contributed by atoms with E-state index in [1.54, 1.807) is 0 Å². The van der Waals surface area contributed by atoms with Crippen LogP contribution in [0, 0.1) is 0 Å². The largest absolute Gasteiger partial charge is 0.416 e. The number of benzene rings is 1. The molecule has 1 nitrogen and oxygen atoms in total. The van der Waals surface area contributed by atoms with Crippen molar-refractivity contribution in [3.63, 3.8) is 0 Å². The van der Waals surface area contributed by atoms with Crippen molar-refractivity contribution in [1.29, 1.82) is 0 Å². The molecule has 1 atom stereocenters. The first-order valence-electron chi connectivity index (χ1n) is 4.68. The molecule has 0 saturated heterocycles. The van der Waals surface area contributed by atoms with Gasteiger partial charge >= 0.3 is 12.4 Å². The third-order valence-corrected chi connectivity index (χ3v) is 2.67. The maximum absolute atomic E-state index is 12.5. The molecule has 0 bridgehead atoms. The normalized spacial score (nSPS) is 14.8. The van der Waals surface area contributed by atoms with E-state index in [2.05, 4.69) is 0 Å². The Morgan fingerprint density at radius 1 is 0.842 bits per heavy atom. The Kier molecular flexibility index (Phi) is 4.64. The molecule has 0 aliphatic rings. The summed E-state index contributed by atoms with van der Waals surface area (Å²) in [6.07, 6.45) is -11.8. The van der Waals surface area contributed by atoms with Crippen molar-refractivity contribution in [3.05, 3.63) is 34.9 Å². The minimum Gasteiger partial charge on any atom is -0.386 e. The average Bonchev–Trinajstić information content (AvgIpc) is 2.24. The Morgan fingerprint density at radius 3 is 1.47 bits per heavy atom. The second kappa shape index (κ2) is 5.38. The number of halogens is 8. The second-order valence-corrected chi connectivity index (χ2v) is 4.78. The molecule has 9 heteroatoms. The number of aliphatic hydroxyl groups is 1. The fraction of sp³-hybridized carbons (Fsp3) is 0.400. The minimum atomic E-state index is -4.98. The zero-order chi connectivity index (χ0) is 15.0. The molecule has 0 saturated carbocycles. The standard InChI is InChI=1S/C10H6Cl2F6O/c11-8(12)7(19)4-1-5(9(13,14)15)3-6(2-4)10(16,17)18/h1-3,7-8,19H. The average molecular weight is 327 g/mol. The van der Waals surface area contributed by atoms with Gasteiger partial charge < -0.3 is 5.11 Å². The molecule has 108 valence electrons. The van der Waals surface area contributed by atoms with E-state index in [1.807, 2.05) is 0 Å². The van der Waals surface area contributed by atoms with E-state index in [-0.39, 0.29) is 6.07 Å². The molecule has 0 radical (unpaired) electrons. The predicted molar refractivity (Wildman–Crippen MR) is 56.9 cm³/mol. The fourth-order valence-corrected chi connectivity index (χ4v) is 1.59. The first kappa shape index (κ1) is 16.4. The summed E-state index contributed by atoms with van der Waals surface area (Å²) in [5.74, 6) is 0. The lowest BCUT2D eigenvalue weighted by Gasteiger charge is -2.17. The maximum atomic E-state index is 12.5. The Morgan fingerprint density at radius 2 is 1.21 bits per heavy atom. The van der Waals surface area contributed by atoms with Gasteiger partial charge in [-0.15, -0.1) is 23.2 Å². The van der Waals surface area contributed by atoms with Crippen LogP contribution < -0.4 is 0 Å². The van der Waals surface area contributed by atoms with Gasteiger partial charge in [-0.2, -0.15) is 26.3 Å². The van der Waals surface area contributed by atoms with Gasteiger partial charge in [0.05, 0.1) is 11.1 Å². The first-order valence-corrected chi connectivity index (χ1v) is 5.56. The summed E-state index contributed by atoms with van der Waals surface area (Å²) in [5.41, 5.74) is -3.73. The van der Waals surface area contributed by atoms with Crippen LogP contribution in [-0.4, -0.2) is 9.94 Å². The molecule has 0 aliphatic carbocycles. The monoisotopic (exact) mass is 326 g/mol. The van der Waals surface area contributed by atoms with Crippen molar-refractivity contribution >= 4 is 23.2 Å². The fourth-order valence-electron chi connectivity index (χ4n) is 1.30. The first-order chi connectivity index (χ1) is 8.43. The lowest BCUT2D eigenvalue weighted by atomic mass is 10.0. The molecule has 1 aromatic rings. The van der Waals surface area contributed by atoms with Gasteiger partial charge in [0.15, 0.2) is 0 Å². The topological polar surface area (TPSA) is 20.2 Å². The molecule has 19 heavy (non-hydrogen) atoms. The predicted octanol–water partition coefficient (Wildman–Crippen LogP) is 4.56. The highest BCUT2D eigenvalue weighted by Crippen LogP contribution is 2.38. The van der Waals surface area contributed by atoms with Crippen molar-refractivity contribution in [1.82, 2.24) is 0 Å². The van der Waals surface area contributed by atoms with Crippen LogP contribution in [0.2, 0.25) is 0 Å². The van der Waals surface area contributed by atoms with Crippen molar-refractivity contribution in [2.45, 2.75) is 23.3 Å². The van der Waals surface area contributed by atoms with Gasteiger partial charge in [0.25, 0.3) is 0 Å². The number of hydrogen-bond acceptors (Lipinski definition) is 1. The summed E-state index contributed by atoms with van der Waals surface area (Å²) in [7, 11) is 0. The van der Waals surface area contributed by atoms with Gasteiger partial charge in [-0.05, 0) is 23.8 Å². The Balaban J connectivity index is 3.41. The van der Waals surface area contributed by atoms with Crippen LogP contribution in [-0.2, 0) is 12.4 Å². The minimum absolute atomic E-state index is 0.0479. The molecule has 0 spiro atoms. The van der Waals surface area contributed by atoms with Crippen LogP contribution >= 0.6 is 23.2 Å². The zero-order valence-electron chi connectivity index (χ0n) is 8.86. The molecule has 0 aliphatic heterocycles. The highest BCUT2D eigenvalue weighted by atomic mass is 35.5. The summed E-state index contributed by atoms with van der Waals surface area (Å²) < 4.78 is 74.9. The van der Waals surface area contributed by atoms with Gasteiger partial charge in [0, 0.05) is 0 Å². The third-order valence-electron chi connectivity index (χ3n) is 2.19. The summed E-state index contributed by atoms with van der Waals surface area (Å²) in [6, 6.07) is 0.697. The van der Waals surface area contributed by atoms with Crippen molar-refractivity contribution in [3.8, 4) is 0 Å². The molecule has 0 aromatic heterocycles. The van der Waals surface area contributed by atoms with Crippen LogP contribution in [0.15, 0.2) is 18.2 Å². The molecule has 1 unspecified atom stereocenters. The van der Waals surface area contributed by atoms with Crippen LogP contribution in [0.5, 0.6) is 0 Å². The van der Waals surface area contributed by atoms with E-state index in [0.29, 0.717) is 12.1 Å². The third kappa shape index (κ3) is 4.15. The van der Waals surface area contributed by atoms with Gasteiger partial charge in [-0.3, -0.25) is 0 Å². The lowest BCUT2D eigenvalue weighted by molar-refractivity contribution is -0.143. The van der Waals surface area contributed by atoms with Gasteiger partial charge in [0.1, 0.15) is 10.9 Å². The van der Waals surface area contributed by atoms with Crippen LogP contribution in [0.4, 0.5) is 26.3 Å². The Labute approximate surface area is 113 Å². The van der Waals surface area contributed by atoms with E-state index in [0.717, 1.165) is 0 Å². The Hall–Kier alpha value is -0.660. The van der Waals surface area contributed by atoms with E-state index < -0.39 is 40.0 Å². The quantitative estimate of drug-likeness (QED) is 0.624. The molecule has 1 rings (SSSR count). The highest BCUT2D eigenvalue weighted by Gasteiger charge is 2.37.